The van der Waals surface area contributed by atoms with Crippen molar-refractivity contribution in [3.63, 3.8) is 0 Å². The van der Waals surface area contributed by atoms with Crippen LogP contribution in [0.3, 0.4) is 0 Å². The van der Waals surface area contributed by atoms with Gasteiger partial charge in [-0.15, -0.1) is 11.3 Å². The summed E-state index contributed by atoms with van der Waals surface area (Å²) < 4.78 is 4.09. The number of amides is 1. The summed E-state index contributed by atoms with van der Waals surface area (Å²) in [6.45, 7) is 5.35. The Morgan fingerprint density at radius 2 is 1.86 bits per heavy atom. The lowest BCUT2D eigenvalue weighted by Crippen LogP contribution is -2.25. The van der Waals surface area contributed by atoms with Gasteiger partial charge in [0.2, 0.25) is 0 Å². The van der Waals surface area contributed by atoms with Crippen LogP contribution in [0.1, 0.15) is 32.1 Å². The van der Waals surface area contributed by atoms with Gasteiger partial charge in [-0.25, -0.2) is 4.68 Å². The van der Waals surface area contributed by atoms with Crippen LogP contribution in [-0.2, 0) is 13.1 Å². The number of aryl methyl sites for hydroxylation is 2. The molecule has 5 rings (SSSR count). The second kappa shape index (κ2) is 6.49. The van der Waals surface area contributed by atoms with E-state index in [-0.39, 0.29) is 5.91 Å². The van der Waals surface area contributed by atoms with Crippen LogP contribution < -0.4 is 0 Å². The van der Waals surface area contributed by atoms with Crippen molar-refractivity contribution in [2.75, 3.05) is 0 Å². The smallest absolute Gasteiger partial charge is 0.264 e. The Kier molecular flexibility index (Phi) is 3.94. The molecule has 0 saturated heterocycles. The van der Waals surface area contributed by atoms with Crippen LogP contribution >= 0.6 is 11.3 Å². The summed E-state index contributed by atoms with van der Waals surface area (Å²) in [5.74, 6) is 1.08. The van der Waals surface area contributed by atoms with E-state index in [1.807, 2.05) is 51.6 Å². The van der Waals surface area contributed by atoms with Crippen molar-refractivity contribution in [1.29, 1.82) is 0 Å². The summed E-state index contributed by atoms with van der Waals surface area (Å²) in [5, 5.41) is 6.85. The Morgan fingerprint density at radius 1 is 1.04 bits per heavy atom. The second-order valence-corrected chi connectivity index (χ2v) is 8.11. The fourth-order valence-corrected chi connectivity index (χ4v) is 4.37. The largest absolute Gasteiger partial charge is 0.327 e. The summed E-state index contributed by atoms with van der Waals surface area (Å²) in [4.78, 5) is 15.5. The van der Waals surface area contributed by atoms with Crippen molar-refractivity contribution >= 4 is 17.2 Å². The monoisotopic (exact) mass is 388 g/mol. The van der Waals surface area contributed by atoms with Gasteiger partial charge in [-0.05, 0) is 60.7 Å². The van der Waals surface area contributed by atoms with Crippen LogP contribution in [0.4, 0.5) is 0 Å². The standard InChI is InChI=1S/C22H20N4OS/c1-15-7-8-17(12-16(15)2)26-21(24-9-3-4-10-24)18-13-25(14-19(18)23-26)22(27)20-6-5-11-28-20/h3-12H,13-14H2,1-2H3. The third-order valence-corrected chi connectivity index (χ3v) is 6.19. The van der Waals surface area contributed by atoms with Crippen LogP contribution in [-0.4, -0.2) is 25.2 Å². The topological polar surface area (TPSA) is 43.1 Å². The molecule has 1 amide bonds. The predicted octanol–water partition coefficient (Wildman–Crippen LogP) is 4.50. The molecule has 0 spiro atoms. The molecule has 0 bridgehead atoms. The van der Waals surface area contributed by atoms with Crippen molar-refractivity contribution in [2.24, 2.45) is 0 Å². The highest BCUT2D eigenvalue weighted by Crippen LogP contribution is 2.32. The van der Waals surface area contributed by atoms with E-state index >= 15 is 0 Å². The zero-order chi connectivity index (χ0) is 19.3. The van der Waals surface area contributed by atoms with Crippen molar-refractivity contribution in [2.45, 2.75) is 26.9 Å². The van der Waals surface area contributed by atoms with E-state index in [4.69, 9.17) is 5.10 Å². The van der Waals surface area contributed by atoms with Gasteiger partial charge in [0.15, 0.2) is 0 Å². The summed E-state index contributed by atoms with van der Waals surface area (Å²) in [7, 11) is 0. The molecule has 0 unspecified atom stereocenters. The Bertz CT molecular complexity index is 1160. The second-order valence-electron chi connectivity index (χ2n) is 7.16. The SMILES string of the molecule is Cc1ccc(-n2nc3c(c2-n2cccc2)CN(C(=O)c2cccs2)C3)cc1C. The van der Waals surface area contributed by atoms with E-state index in [0.29, 0.717) is 13.1 Å². The predicted molar refractivity (Wildman–Crippen MR) is 110 cm³/mol. The maximum Gasteiger partial charge on any atom is 0.264 e. The van der Waals surface area contributed by atoms with E-state index in [2.05, 4.69) is 36.6 Å². The van der Waals surface area contributed by atoms with Crippen molar-refractivity contribution in [3.05, 3.63) is 87.5 Å². The van der Waals surface area contributed by atoms with Gasteiger partial charge >= 0.3 is 0 Å². The maximum atomic E-state index is 12.8. The normalized spacial score (nSPS) is 13.1. The van der Waals surface area contributed by atoms with E-state index < -0.39 is 0 Å². The third-order valence-electron chi connectivity index (χ3n) is 5.33. The number of benzene rings is 1. The molecule has 4 heterocycles. The number of fused-ring (bicyclic) bond motifs is 1. The van der Waals surface area contributed by atoms with Crippen LogP contribution in [0, 0.1) is 13.8 Å². The first-order valence-corrected chi connectivity index (χ1v) is 10.1. The van der Waals surface area contributed by atoms with Gasteiger partial charge in [0.25, 0.3) is 5.91 Å². The first-order valence-electron chi connectivity index (χ1n) is 9.26. The number of thiophene rings is 1. The molecule has 1 aliphatic rings. The molecule has 5 nitrogen and oxygen atoms in total. The number of rotatable bonds is 3. The van der Waals surface area contributed by atoms with E-state index in [9.17, 15) is 4.79 Å². The fourth-order valence-electron chi connectivity index (χ4n) is 3.68. The van der Waals surface area contributed by atoms with Gasteiger partial charge < -0.3 is 9.47 Å². The van der Waals surface area contributed by atoms with Gasteiger partial charge in [0.05, 0.1) is 29.3 Å². The minimum Gasteiger partial charge on any atom is -0.327 e. The minimum absolute atomic E-state index is 0.0733. The van der Waals surface area contributed by atoms with Crippen molar-refractivity contribution < 1.29 is 4.79 Å². The van der Waals surface area contributed by atoms with E-state index in [1.165, 1.54) is 22.5 Å². The van der Waals surface area contributed by atoms with Gasteiger partial charge in [0.1, 0.15) is 5.82 Å². The number of aromatic nitrogens is 3. The molecule has 140 valence electrons. The molecule has 0 radical (unpaired) electrons. The van der Waals surface area contributed by atoms with Crippen LogP contribution in [0.25, 0.3) is 11.5 Å². The first kappa shape index (κ1) is 17.0. The highest BCUT2D eigenvalue weighted by molar-refractivity contribution is 7.12. The fraction of sp³-hybridized carbons (Fsp3) is 0.182. The lowest BCUT2D eigenvalue weighted by atomic mass is 10.1. The van der Waals surface area contributed by atoms with Gasteiger partial charge in [-0.2, -0.15) is 5.10 Å². The van der Waals surface area contributed by atoms with Crippen LogP contribution in [0.15, 0.2) is 60.2 Å². The van der Waals surface area contributed by atoms with Crippen LogP contribution in [0.2, 0.25) is 0 Å². The highest BCUT2D eigenvalue weighted by atomic mass is 32.1. The molecule has 3 aromatic heterocycles. The molecule has 1 aromatic carbocycles. The highest BCUT2D eigenvalue weighted by Gasteiger charge is 2.32. The molecule has 1 aliphatic heterocycles. The molecule has 6 heteroatoms. The van der Waals surface area contributed by atoms with Gasteiger partial charge in [0, 0.05) is 18.0 Å². The van der Waals surface area contributed by atoms with Crippen molar-refractivity contribution in [1.82, 2.24) is 19.2 Å². The molecule has 28 heavy (non-hydrogen) atoms. The molecule has 0 fully saturated rings. The number of nitrogens with zero attached hydrogens (tertiary/aromatic N) is 4. The average molecular weight is 388 g/mol. The lowest BCUT2D eigenvalue weighted by Gasteiger charge is -2.17. The Morgan fingerprint density at radius 3 is 2.57 bits per heavy atom. The number of hydrogen-bond acceptors (Lipinski definition) is 3. The minimum atomic E-state index is 0.0733. The first-order chi connectivity index (χ1) is 13.6. The van der Waals surface area contributed by atoms with Crippen LogP contribution in [0.5, 0.6) is 0 Å². The molecule has 0 N–H and O–H groups in total. The third kappa shape index (κ3) is 2.68. The zero-order valence-electron chi connectivity index (χ0n) is 15.8. The Hall–Kier alpha value is -3.12. The Balaban J connectivity index is 1.58. The van der Waals surface area contributed by atoms with E-state index in [0.717, 1.165) is 27.6 Å². The summed E-state index contributed by atoms with van der Waals surface area (Å²) in [6, 6.07) is 14.2. The van der Waals surface area contributed by atoms with Gasteiger partial charge in [-0.1, -0.05) is 12.1 Å². The molecular formula is C22H20N4OS. The molecule has 4 aromatic rings. The molecule has 0 atom stereocenters. The lowest BCUT2D eigenvalue weighted by molar-refractivity contribution is 0.0754. The maximum absolute atomic E-state index is 12.8. The summed E-state index contributed by atoms with van der Waals surface area (Å²) in [6.07, 6.45) is 4.05. The number of hydrogen-bond donors (Lipinski definition) is 0. The molecular weight excluding hydrogens is 368 g/mol. The van der Waals surface area contributed by atoms with Gasteiger partial charge in [-0.3, -0.25) is 4.79 Å². The summed E-state index contributed by atoms with van der Waals surface area (Å²) >= 11 is 1.48. The molecule has 0 saturated carbocycles. The number of carbonyl (C=O) groups excluding carboxylic acids is 1. The molecule has 0 aliphatic carbocycles. The summed E-state index contributed by atoms with van der Waals surface area (Å²) in [5.41, 5.74) is 5.61. The quantitative estimate of drug-likeness (QED) is 0.519. The van der Waals surface area contributed by atoms with Crippen molar-refractivity contribution in [3.8, 4) is 11.5 Å². The zero-order valence-corrected chi connectivity index (χ0v) is 16.6. The average Bonchev–Trinajstić information content (AvgIpc) is 3.46. The Labute approximate surface area is 167 Å². The van der Waals surface area contributed by atoms with E-state index in [1.54, 1.807) is 0 Å². The number of carbonyl (C=O) groups is 1.